The van der Waals surface area contributed by atoms with Crippen LogP contribution >= 0.6 is 23.2 Å². The zero-order valence-corrected chi connectivity index (χ0v) is 8.05. The molecule has 0 fully saturated rings. The number of halogens is 2. The Morgan fingerprint density at radius 2 is 2.00 bits per heavy atom. The largest absolute Gasteiger partial charge is 0.228 e. The summed E-state index contributed by atoms with van der Waals surface area (Å²) < 4.78 is 1.52. The lowest BCUT2D eigenvalue weighted by Crippen LogP contribution is -1.94. The molecule has 13 heavy (non-hydrogen) atoms. The van der Waals surface area contributed by atoms with Gasteiger partial charge in [-0.05, 0) is 12.1 Å². The molecule has 1 aromatic heterocycles. The van der Waals surface area contributed by atoms with E-state index in [-0.39, 0.29) is 0 Å². The second-order valence-corrected chi connectivity index (χ2v) is 3.25. The summed E-state index contributed by atoms with van der Waals surface area (Å²) in [6.07, 6.45) is 2.85. The van der Waals surface area contributed by atoms with Gasteiger partial charge in [0, 0.05) is 6.07 Å². The summed E-state index contributed by atoms with van der Waals surface area (Å²) >= 11 is 11.6. The molecule has 0 saturated carbocycles. The van der Waals surface area contributed by atoms with E-state index >= 15 is 0 Å². The van der Waals surface area contributed by atoms with E-state index in [2.05, 4.69) is 11.3 Å². The Morgan fingerprint density at radius 3 is 2.62 bits per heavy atom. The summed E-state index contributed by atoms with van der Waals surface area (Å²) in [6, 6.07) is 8.97. The summed E-state index contributed by atoms with van der Waals surface area (Å²) in [5.41, 5.74) is 0.774. The predicted octanol–water partition coefficient (Wildman–Crippen LogP) is 2.98. The van der Waals surface area contributed by atoms with Gasteiger partial charge in [0.15, 0.2) is 5.15 Å². The van der Waals surface area contributed by atoms with Gasteiger partial charge in [0.2, 0.25) is 0 Å². The first kappa shape index (κ1) is 8.60. The smallest absolute Gasteiger partial charge is 0.152 e. The molecule has 0 unspecified atom stereocenters. The molecular weight excluding hydrogens is 207 g/mol. The summed E-state index contributed by atoms with van der Waals surface area (Å²) in [4.78, 5) is 0. The number of benzene rings is 1. The zero-order chi connectivity index (χ0) is 9.26. The van der Waals surface area contributed by atoms with Crippen molar-refractivity contribution < 1.29 is 0 Å². The highest BCUT2D eigenvalue weighted by atomic mass is 35.5. The van der Waals surface area contributed by atoms with Crippen LogP contribution in [0, 0.1) is 6.20 Å². The molecule has 0 aliphatic heterocycles. The summed E-state index contributed by atoms with van der Waals surface area (Å²) in [5, 5.41) is 5.01. The fraction of sp³-hybridized carbons (Fsp3) is 0. The van der Waals surface area contributed by atoms with E-state index in [9.17, 15) is 0 Å². The maximum Gasteiger partial charge on any atom is 0.152 e. The maximum absolute atomic E-state index is 5.94. The van der Waals surface area contributed by atoms with Crippen LogP contribution in [0.5, 0.6) is 0 Å². The molecule has 0 amide bonds. The van der Waals surface area contributed by atoms with Gasteiger partial charge in [0.05, 0.1) is 16.9 Å². The number of hydrogen-bond acceptors (Lipinski definition) is 1. The molecule has 0 aliphatic rings. The van der Waals surface area contributed by atoms with Crippen molar-refractivity contribution in [3.63, 3.8) is 0 Å². The van der Waals surface area contributed by atoms with Gasteiger partial charge in [-0.15, -0.1) is 0 Å². The predicted molar refractivity (Wildman–Crippen MR) is 52.4 cm³/mol. The van der Waals surface area contributed by atoms with Crippen LogP contribution in [-0.2, 0) is 0 Å². The summed E-state index contributed by atoms with van der Waals surface area (Å²) in [6.45, 7) is 0. The van der Waals surface area contributed by atoms with Crippen LogP contribution in [0.25, 0.3) is 5.69 Å². The fourth-order valence-corrected chi connectivity index (χ4v) is 1.35. The van der Waals surface area contributed by atoms with E-state index < -0.39 is 0 Å². The van der Waals surface area contributed by atoms with Crippen molar-refractivity contribution in [3.8, 4) is 5.69 Å². The Kier molecular flexibility index (Phi) is 2.25. The van der Waals surface area contributed by atoms with Gasteiger partial charge < -0.3 is 0 Å². The van der Waals surface area contributed by atoms with Gasteiger partial charge in [-0.3, -0.25) is 0 Å². The highest BCUT2D eigenvalue weighted by Crippen LogP contribution is 2.19. The Labute approximate surface area is 85.7 Å². The standard InChI is InChI=1S/C9H5Cl2N2/c10-7-3-1-2-4-8(7)13-6-5-9(11)12-13/h1-5H. The molecular formula is C9H5Cl2N2. The number of para-hydroxylation sites is 1. The molecule has 0 atom stereocenters. The highest BCUT2D eigenvalue weighted by Gasteiger charge is 2.02. The minimum atomic E-state index is 0.403. The molecule has 0 spiro atoms. The first-order valence-corrected chi connectivity index (χ1v) is 4.41. The van der Waals surface area contributed by atoms with Crippen molar-refractivity contribution in [2.24, 2.45) is 0 Å². The van der Waals surface area contributed by atoms with Gasteiger partial charge in [-0.25, -0.2) is 4.68 Å². The van der Waals surface area contributed by atoms with Gasteiger partial charge in [0.1, 0.15) is 0 Å². The van der Waals surface area contributed by atoms with Gasteiger partial charge in [0.25, 0.3) is 0 Å². The monoisotopic (exact) mass is 211 g/mol. The second kappa shape index (κ2) is 3.40. The quantitative estimate of drug-likeness (QED) is 0.710. The third-order valence-electron chi connectivity index (χ3n) is 1.58. The molecule has 65 valence electrons. The van der Waals surface area contributed by atoms with E-state index in [1.165, 1.54) is 4.68 Å². The Bertz CT molecular complexity index is 423. The van der Waals surface area contributed by atoms with E-state index in [1.54, 1.807) is 12.1 Å². The minimum Gasteiger partial charge on any atom is -0.228 e. The van der Waals surface area contributed by atoms with E-state index in [4.69, 9.17) is 23.2 Å². The number of hydrogen-bond donors (Lipinski definition) is 0. The molecule has 0 bridgehead atoms. The molecule has 1 aromatic carbocycles. The average Bonchev–Trinajstić information content (AvgIpc) is 2.53. The van der Waals surface area contributed by atoms with E-state index in [0.717, 1.165) is 5.69 Å². The van der Waals surface area contributed by atoms with Crippen molar-refractivity contribution in [3.05, 3.63) is 46.7 Å². The lowest BCUT2D eigenvalue weighted by atomic mass is 10.3. The van der Waals surface area contributed by atoms with Gasteiger partial charge in [-0.2, -0.15) is 5.10 Å². The Hall–Kier alpha value is -0.990. The highest BCUT2D eigenvalue weighted by molar-refractivity contribution is 6.32. The molecule has 2 aromatic rings. The lowest BCUT2D eigenvalue weighted by Gasteiger charge is -2.01. The second-order valence-electron chi connectivity index (χ2n) is 2.46. The number of aromatic nitrogens is 2. The molecule has 1 radical (unpaired) electrons. The van der Waals surface area contributed by atoms with Crippen LogP contribution in [0.2, 0.25) is 10.2 Å². The summed E-state index contributed by atoms with van der Waals surface area (Å²) in [5.74, 6) is 0. The van der Waals surface area contributed by atoms with Crippen molar-refractivity contribution in [2.45, 2.75) is 0 Å². The number of nitrogens with zero attached hydrogens (tertiary/aromatic N) is 2. The number of rotatable bonds is 1. The molecule has 2 nitrogen and oxygen atoms in total. The topological polar surface area (TPSA) is 17.8 Å². The molecule has 1 heterocycles. The van der Waals surface area contributed by atoms with Crippen LogP contribution in [-0.4, -0.2) is 9.78 Å². The Balaban J connectivity index is 2.52. The molecule has 0 N–H and O–H groups in total. The first-order valence-electron chi connectivity index (χ1n) is 3.65. The molecule has 0 saturated heterocycles. The zero-order valence-electron chi connectivity index (χ0n) is 6.54. The Morgan fingerprint density at radius 1 is 1.23 bits per heavy atom. The van der Waals surface area contributed by atoms with Crippen molar-refractivity contribution >= 4 is 23.2 Å². The molecule has 4 heteroatoms. The average molecular weight is 212 g/mol. The fourth-order valence-electron chi connectivity index (χ4n) is 1.01. The van der Waals surface area contributed by atoms with Crippen LogP contribution in [0.4, 0.5) is 0 Å². The normalized spacial score (nSPS) is 10.3. The van der Waals surface area contributed by atoms with Gasteiger partial charge in [-0.1, -0.05) is 35.3 Å². The van der Waals surface area contributed by atoms with Crippen LogP contribution in [0.15, 0.2) is 30.3 Å². The van der Waals surface area contributed by atoms with Crippen LogP contribution in [0.1, 0.15) is 0 Å². The third-order valence-corrected chi connectivity index (χ3v) is 2.09. The lowest BCUT2D eigenvalue weighted by molar-refractivity contribution is 0.874. The first-order chi connectivity index (χ1) is 6.27. The summed E-state index contributed by atoms with van der Waals surface area (Å²) in [7, 11) is 0. The van der Waals surface area contributed by atoms with E-state index in [0.29, 0.717) is 10.2 Å². The van der Waals surface area contributed by atoms with Crippen molar-refractivity contribution in [1.29, 1.82) is 0 Å². The molecule has 0 aliphatic carbocycles. The molecule has 2 rings (SSSR count). The third kappa shape index (κ3) is 1.69. The van der Waals surface area contributed by atoms with E-state index in [1.807, 2.05) is 18.2 Å². The van der Waals surface area contributed by atoms with Crippen LogP contribution < -0.4 is 0 Å². The SMILES string of the molecule is Clc1c[c]n(-c2ccccc2Cl)n1. The van der Waals surface area contributed by atoms with Crippen LogP contribution in [0.3, 0.4) is 0 Å². The minimum absolute atomic E-state index is 0.403. The van der Waals surface area contributed by atoms with Crippen molar-refractivity contribution in [2.75, 3.05) is 0 Å². The van der Waals surface area contributed by atoms with Crippen molar-refractivity contribution in [1.82, 2.24) is 9.78 Å². The maximum atomic E-state index is 5.94. The van der Waals surface area contributed by atoms with Gasteiger partial charge >= 0.3 is 0 Å².